The quantitative estimate of drug-likeness (QED) is 0.501. The number of aldehydes is 1. The summed E-state index contributed by atoms with van der Waals surface area (Å²) in [6.45, 7) is 5.23. The minimum atomic E-state index is -0.0109. The fraction of sp³-hybridized carbons (Fsp3) is 0.762. The highest BCUT2D eigenvalue weighted by Crippen LogP contribution is 2.44. The van der Waals surface area contributed by atoms with Gasteiger partial charge in [-0.15, -0.1) is 0 Å². The first kappa shape index (κ1) is 17.9. The van der Waals surface area contributed by atoms with E-state index in [4.69, 9.17) is 9.47 Å². The first-order valence-electron chi connectivity index (χ1n) is 9.74. The molecule has 134 valence electrons. The molecule has 0 spiro atoms. The van der Waals surface area contributed by atoms with Gasteiger partial charge in [-0.05, 0) is 87.7 Å². The molecule has 3 nitrogen and oxygen atoms in total. The van der Waals surface area contributed by atoms with Crippen molar-refractivity contribution in [3.05, 3.63) is 22.8 Å². The second kappa shape index (κ2) is 7.97. The van der Waals surface area contributed by atoms with Crippen LogP contribution in [0.3, 0.4) is 0 Å². The van der Waals surface area contributed by atoms with E-state index in [0.717, 1.165) is 69.8 Å². The average molecular weight is 332 g/mol. The van der Waals surface area contributed by atoms with Crippen molar-refractivity contribution in [2.75, 3.05) is 6.61 Å². The Balaban J connectivity index is 1.58. The second-order valence-electron chi connectivity index (χ2n) is 8.00. The van der Waals surface area contributed by atoms with Crippen LogP contribution in [-0.4, -0.2) is 25.3 Å². The van der Waals surface area contributed by atoms with Gasteiger partial charge in [0.15, 0.2) is 6.29 Å². The van der Waals surface area contributed by atoms with E-state index in [1.165, 1.54) is 24.0 Å². The predicted molar refractivity (Wildman–Crippen MR) is 95.7 cm³/mol. The molecular formula is C21H32O3. The molecule has 24 heavy (non-hydrogen) atoms. The van der Waals surface area contributed by atoms with Crippen LogP contribution in [0.2, 0.25) is 0 Å². The third kappa shape index (κ3) is 4.00. The molecule has 0 aromatic carbocycles. The van der Waals surface area contributed by atoms with Gasteiger partial charge < -0.3 is 9.47 Å². The van der Waals surface area contributed by atoms with E-state index in [2.05, 4.69) is 19.9 Å². The number of carbonyl (C=O) groups excluding carboxylic acids is 1. The average Bonchev–Trinajstić information content (AvgIpc) is 3.01. The lowest BCUT2D eigenvalue weighted by Crippen LogP contribution is -2.29. The molecule has 1 fully saturated rings. The Labute approximate surface area is 146 Å². The lowest BCUT2D eigenvalue weighted by Gasteiger charge is -2.36. The fourth-order valence-corrected chi connectivity index (χ4v) is 4.61. The van der Waals surface area contributed by atoms with Gasteiger partial charge in [0, 0.05) is 6.61 Å². The van der Waals surface area contributed by atoms with E-state index in [9.17, 15) is 4.79 Å². The Morgan fingerprint density at radius 2 is 2.21 bits per heavy atom. The van der Waals surface area contributed by atoms with Crippen molar-refractivity contribution in [3.8, 4) is 0 Å². The van der Waals surface area contributed by atoms with E-state index in [1.807, 2.05) is 0 Å². The third-order valence-electron chi connectivity index (χ3n) is 6.18. The Hall–Kier alpha value is -0.930. The molecule has 0 amide bonds. The van der Waals surface area contributed by atoms with E-state index in [0.29, 0.717) is 0 Å². The summed E-state index contributed by atoms with van der Waals surface area (Å²) < 4.78 is 12.0. The molecule has 0 aromatic rings. The SMILES string of the molecule is CC1=C(C=O)[C@](C)(CCC2=CCCC2OC2CCCCO2)CCC1. The van der Waals surface area contributed by atoms with Crippen molar-refractivity contribution < 1.29 is 14.3 Å². The van der Waals surface area contributed by atoms with E-state index in [-0.39, 0.29) is 17.8 Å². The largest absolute Gasteiger partial charge is 0.353 e. The summed E-state index contributed by atoms with van der Waals surface area (Å²) in [7, 11) is 0. The van der Waals surface area contributed by atoms with Crippen LogP contribution in [0.25, 0.3) is 0 Å². The molecule has 3 heteroatoms. The first-order valence-corrected chi connectivity index (χ1v) is 9.74. The number of carbonyl (C=O) groups is 1. The first-order chi connectivity index (χ1) is 11.6. The maximum atomic E-state index is 11.6. The maximum Gasteiger partial charge on any atom is 0.158 e. The minimum Gasteiger partial charge on any atom is -0.353 e. The lowest BCUT2D eigenvalue weighted by molar-refractivity contribution is -0.180. The molecule has 3 atom stereocenters. The van der Waals surface area contributed by atoms with Crippen LogP contribution in [0.1, 0.15) is 78.1 Å². The number of allylic oxidation sites excluding steroid dienone is 3. The van der Waals surface area contributed by atoms with Crippen molar-refractivity contribution in [2.45, 2.75) is 90.4 Å². The van der Waals surface area contributed by atoms with Crippen LogP contribution in [-0.2, 0) is 14.3 Å². The van der Waals surface area contributed by atoms with Gasteiger partial charge >= 0.3 is 0 Å². The molecule has 1 saturated heterocycles. The highest BCUT2D eigenvalue weighted by Gasteiger charge is 2.34. The molecule has 0 bridgehead atoms. The number of rotatable bonds is 6. The van der Waals surface area contributed by atoms with E-state index >= 15 is 0 Å². The maximum absolute atomic E-state index is 11.6. The number of ether oxygens (including phenoxy) is 2. The Bertz CT molecular complexity index is 513. The van der Waals surface area contributed by atoms with Gasteiger partial charge in [-0.1, -0.05) is 18.6 Å². The summed E-state index contributed by atoms with van der Waals surface area (Å²) in [6, 6.07) is 0. The molecular weight excluding hydrogens is 300 g/mol. The molecule has 1 aliphatic heterocycles. The van der Waals surface area contributed by atoms with Crippen molar-refractivity contribution in [1.82, 2.24) is 0 Å². The van der Waals surface area contributed by atoms with Gasteiger partial charge in [0.2, 0.25) is 0 Å². The van der Waals surface area contributed by atoms with Crippen LogP contribution in [0, 0.1) is 5.41 Å². The van der Waals surface area contributed by atoms with Gasteiger partial charge in [0.25, 0.3) is 0 Å². The number of hydrogen-bond acceptors (Lipinski definition) is 3. The fourth-order valence-electron chi connectivity index (χ4n) is 4.61. The van der Waals surface area contributed by atoms with Crippen molar-refractivity contribution in [3.63, 3.8) is 0 Å². The lowest BCUT2D eigenvalue weighted by atomic mass is 9.68. The standard InChI is InChI=1S/C21H32O3/c1-16-7-6-12-21(2,18(16)15-22)13-11-17-8-5-9-19(17)24-20-10-3-4-14-23-20/h8,15,19-20H,3-7,9-14H2,1-2H3/t19?,20?,21-/m0/s1. The summed E-state index contributed by atoms with van der Waals surface area (Å²) in [6.07, 6.45) is 14.8. The van der Waals surface area contributed by atoms with E-state index in [1.54, 1.807) is 0 Å². The second-order valence-corrected chi connectivity index (χ2v) is 8.00. The van der Waals surface area contributed by atoms with Crippen LogP contribution < -0.4 is 0 Å². The molecule has 0 aromatic heterocycles. The molecule has 3 aliphatic rings. The summed E-state index contributed by atoms with van der Waals surface area (Å²) in [5.41, 5.74) is 3.82. The smallest absolute Gasteiger partial charge is 0.158 e. The minimum absolute atomic E-state index is 0.0109. The summed E-state index contributed by atoms with van der Waals surface area (Å²) in [5.74, 6) is 0. The highest BCUT2D eigenvalue weighted by molar-refractivity contribution is 5.77. The topological polar surface area (TPSA) is 35.5 Å². The Morgan fingerprint density at radius 1 is 1.33 bits per heavy atom. The summed E-state index contributed by atoms with van der Waals surface area (Å²) in [4.78, 5) is 11.6. The molecule has 0 N–H and O–H groups in total. The Kier molecular flexibility index (Phi) is 5.93. The zero-order valence-electron chi connectivity index (χ0n) is 15.3. The van der Waals surface area contributed by atoms with Gasteiger partial charge in [-0.3, -0.25) is 4.79 Å². The van der Waals surface area contributed by atoms with Gasteiger partial charge in [-0.2, -0.15) is 0 Å². The highest BCUT2D eigenvalue weighted by atomic mass is 16.7. The van der Waals surface area contributed by atoms with Crippen LogP contribution in [0.5, 0.6) is 0 Å². The monoisotopic (exact) mass is 332 g/mol. The molecule has 2 aliphatic carbocycles. The van der Waals surface area contributed by atoms with Gasteiger partial charge in [-0.25, -0.2) is 0 Å². The molecule has 0 radical (unpaired) electrons. The Morgan fingerprint density at radius 3 is 2.96 bits per heavy atom. The molecule has 0 saturated carbocycles. The number of hydrogen-bond donors (Lipinski definition) is 0. The zero-order chi connectivity index (χ0) is 17.0. The molecule has 1 heterocycles. The van der Waals surface area contributed by atoms with Crippen molar-refractivity contribution >= 4 is 6.29 Å². The van der Waals surface area contributed by atoms with Gasteiger partial charge in [0.1, 0.15) is 6.29 Å². The van der Waals surface area contributed by atoms with Crippen LogP contribution in [0.4, 0.5) is 0 Å². The van der Waals surface area contributed by atoms with Gasteiger partial charge in [0.05, 0.1) is 6.10 Å². The van der Waals surface area contributed by atoms with Crippen LogP contribution in [0.15, 0.2) is 22.8 Å². The third-order valence-corrected chi connectivity index (χ3v) is 6.18. The van der Waals surface area contributed by atoms with Crippen LogP contribution >= 0.6 is 0 Å². The van der Waals surface area contributed by atoms with E-state index < -0.39 is 0 Å². The summed E-state index contributed by atoms with van der Waals surface area (Å²) >= 11 is 0. The molecule has 2 unspecified atom stereocenters. The predicted octanol–water partition coefficient (Wildman–Crippen LogP) is 5.10. The zero-order valence-corrected chi connectivity index (χ0v) is 15.3. The molecule has 3 rings (SSSR count). The summed E-state index contributed by atoms with van der Waals surface area (Å²) in [5, 5.41) is 0. The van der Waals surface area contributed by atoms with Crippen molar-refractivity contribution in [1.29, 1.82) is 0 Å². The van der Waals surface area contributed by atoms with Crippen molar-refractivity contribution in [2.24, 2.45) is 5.41 Å². The normalized spacial score (nSPS) is 34.3.